The lowest BCUT2D eigenvalue weighted by Crippen LogP contribution is -2.08. The quantitative estimate of drug-likeness (QED) is 0.636. The first-order valence-corrected chi connectivity index (χ1v) is 7.68. The second-order valence-electron chi connectivity index (χ2n) is 5.57. The highest BCUT2D eigenvalue weighted by Crippen LogP contribution is 2.39. The highest BCUT2D eigenvalue weighted by molar-refractivity contribution is 5.71. The van der Waals surface area contributed by atoms with E-state index in [9.17, 15) is 13.2 Å². The molecule has 134 valence electrons. The van der Waals surface area contributed by atoms with Crippen LogP contribution in [0, 0.1) is 6.92 Å². The zero-order chi connectivity index (χ0) is 18.7. The molecule has 4 nitrogen and oxygen atoms in total. The molecule has 0 spiro atoms. The van der Waals surface area contributed by atoms with E-state index in [1.54, 1.807) is 30.3 Å². The van der Waals surface area contributed by atoms with Crippen molar-refractivity contribution in [1.82, 2.24) is 9.97 Å². The number of alkyl halides is 3. The monoisotopic (exact) mass is 360 g/mol. The molecule has 0 unspecified atom stereocenters. The predicted molar refractivity (Wildman–Crippen MR) is 90.3 cm³/mol. The summed E-state index contributed by atoms with van der Waals surface area (Å²) in [5.41, 5.74) is 1.21. The molecule has 26 heavy (non-hydrogen) atoms. The Morgan fingerprint density at radius 3 is 2.58 bits per heavy atom. The molecule has 0 bridgehead atoms. The normalized spacial score (nSPS) is 11.3. The lowest BCUT2D eigenvalue weighted by Gasteiger charge is -2.15. The standard InChI is InChI=1S/C19H15F3N2O2/c1-12-8-15(13-4-3-5-14(9-13)25-2)18(24-10-12)26-17-11-23-7-6-16(17)19(20,21)22/h3-11H,1-2H3. The maximum absolute atomic E-state index is 13.2. The third-order valence-electron chi connectivity index (χ3n) is 3.67. The minimum Gasteiger partial charge on any atom is -0.497 e. The lowest BCUT2D eigenvalue weighted by molar-refractivity contribution is -0.138. The van der Waals surface area contributed by atoms with E-state index < -0.39 is 17.5 Å². The van der Waals surface area contributed by atoms with E-state index in [4.69, 9.17) is 9.47 Å². The SMILES string of the molecule is COc1cccc(-c2cc(C)cnc2Oc2cnccc2C(F)(F)F)c1. The van der Waals surface area contributed by atoms with Crippen molar-refractivity contribution in [1.29, 1.82) is 0 Å². The van der Waals surface area contributed by atoms with Crippen molar-refractivity contribution >= 4 is 0 Å². The Morgan fingerprint density at radius 1 is 1.04 bits per heavy atom. The van der Waals surface area contributed by atoms with Gasteiger partial charge in [-0.3, -0.25) is 4.98 Å². The second kappa shape index (κ2) is 7.03. The minimum absolute atomic E-state index is 0.0577. The summed E-state index contributed by atoms with van der Waals surface area (Å²) in [6.45, 7) is 1.84. The van der Waals surface area contributed by atoms with Gasteiger partial charge in [-0.15, -0.1) is 0 Å². The number of hydrogen-bond acceptors (Lipinski definition) is 4. The molecule has 0 atom stereocenters. The first kappa shape index (κ1) is 17.7. The van der Waals surface area contributed by atoms with Crippen LogP contribution in [-0.2, 0) is 6.18 Å². The summed E-state index contributed by atoms with van der Waals surface area (Å²) in [5, 5.41) is 0. The Morgan fingerprint density at radius 2 is 1.85 bits per heavy atom. The van der Waals surface area contributed by atoms with Crippen molar-refractivity contribution in [3.8, 4) is 28.5 Å². The Hall–Kier alpha value is -3.09. The number of benzene rings is 1. The van der Waals surface area contributed by atoms with Gasteiger partial charge in [-0.1, -0.05) is 12.1 Å². The molecule has 0 aliphatic carbocycles. The Labute approximate surface area is 148 Å². The van der Waals surface area contributed by atoms with E-state index in [2.05, 4.69) is 9.97 Å². The van der Waals surface area contributed by atoms with Gasteiger partial charge < -0.3 is 9.47 Å². The molecule has 0 amide bonds. The van der Waals surface area contributed by atoms with Gasteiger partial charge in [0, 0.05) is 18.0 Å². The Bertz CT molecular complexity index is 927. The molecular formula is C19H15F3N2O2. The van der Waals surface area contributed by atoms with E-state index >= 15 is 0 Å². The maximum Gasteiger partial charge on any atom is 0.420 e. The van der Waals surface area contributed by atoms with Crippen LogP contribution in [0.15, 0.2) is 55.0 Å². The van der Waals surface area contributed by atoms with Crippen LogP contribution in [0.1, 0.15) is 11.1 Å². The number of pyridine rings is 2. The zero-order valence-electron chi connectivity index (χ0n) is 14.0. The molecule has 2 aromatic heterocycles. The van der Waals surface area contributed by atoms with Crippen LogP contribution in [0.5, 0.6) is 17.4 Å². The van der Waals surface area contributed by atoms with Crippen LogP contribution in [0.25, 0.3) is 11.1 Å². The predicted octanol–water partition coefficient (Wildman–Crippen LogP) is 5.27. The zero-order valence-corrected chi connectivity index (χ0v) is 14.0. The topological polar surface area (TPSA) is 44.2 Å². The van der Waals surface area contributed by atoms with Crippen molar-refractivity contribution in [3.05, 3.63) is 66.1 Å². The van der Waals surface area contributed by atoms with Crippen molar-refractivity contribution < 1.29 is 22.6 Å². The first-order valence-electron chi connectivity index (χ1n) is 7.68. The van der Waals surface area contributed by atoms with E-state index in [1.807, 2.05) is 6.92 Å². The van der Waals surface area contributed by atoms with Crippen molar-refractivity contribution in [2.75, 3.05) is 7.11 Å². The fraction of sp³-hybridized carbons (Fsp3) is 0.158. The fourth-order valence-electron chi connectivity index (χ4n) is 2.44. The highest BCUT2D eigenvalue weighted by Gasteiger charge is 2.34. The summed E-state index contributed by atoms with van der Waals surface area (Å²) in [5.74, 6) is 0.273. The van der Waals surface area contributed by atoms with Crippen molar-refractivity contribution in [2.45, 2.75) is 13.1 Å². The average Bonchev–Trinajstić information content (AvgIpc) is 2.63. The summed E-state index contributed by atoms with van der Waals surface area (Å²) in [7, 11) is 1.54. The second-order valence-corrected chi connectivity index (χ2v) is 5.57. The molecule has 0 aliphatic heterocycles. The summed E-state index contributed by atoms with van der Waals surface area (Å²) in [6.07, 6.45) is -0.928. The van der Waals surface area contributed by atoms with E-state index in [0.717, 1.165) is 24.0 Å². The van der Waals surface area contributed by atoms with Crippen LogP contribution in [0.4, 0.5) is 13.2 Å². The van der Waals surface area contributed by atoms with Gasteiger partial charge in [0.2, 0.25) is 5.88 Å². The highest BCUT2D eigenvalue weighted by atomic mass is 19.4. The van der Waals surface area contributed by atoms with E-state index in [-0.39, 0.29) is 5.88 Å². The van der Waals surface area contributed by atoms with Gasteiger partial charge >= 0.3 is 6.18 Å². The Balaban J connectivity index is 2.08. The molecule has 0 radical (unpaired) electrons. The molecule has 3 aromatic rings. The molecule has 0 saturated carbocycles. The summed E-state index contributed by atoms with van der Waals surface area (Å²) in [6, 6.07) is 9.79. The number of nitrogens with zero attached hydrogens (tertiary/aromatic N) is 2. The van der Waals surface area contributed by atoms with Gasteiger partial charge in [0.1, 0.15) is 11.3 Å². The number of methoxy groups -OCH3 is 1. The number of hydrogen-bond donors (Lipinski definition) is 0. The number of aryl methyl sites for hydroxylation is 1. The summed E-state index contributed by atoms with van der Waals surface area (Å²) >= 11 is 0. The number of rotatable bonds is 4. The molecule has 0 N–H and O–H groups in total. The lowest BCUT2D eigenvalue weighted by atomic mass is 10.1. The fourth-order valence-corrected chi connectivity index (χ4v) is 2.44. The smallest absolute Gasteiger partial charge is 0.420 e. The molecule has 0 fully saturated rings. The molecule has 1 aromatic carbocycles. The minimum atomic E-state index is -4.56. The Kier molecular flexibility index (Phi) is 4.79. The molecule has 0 saturated heterocycles. The third kappa shape index (κ3) is 3.77. The van der Waals surface area contributed by atoms with Gasteiger partial charge in [-0.25, -0.2) is 4.98 Å². The van der Waals surface area contributed by atoms with E-state index in [1.165, 1.54) is 13.3 Å². The third-order valence-corrected chi connectivity index (χ3v) is 3.67. The van der Waals surface area contributed by atoms with Gasteiger partial charge in [0.15, 0.2) is 5.75 Å². The molecule has 3 rings (SSSR count). The average molecular weight is 360 g/mol. The van der Waals surface area contributed by atoms with Crippen LogP contribution in [0.3, 0.4) is 0 Å². The van der Waals surface area contributed by atoms with Gasteiger partial charge in [-0.2, -0.15) is 13.2 Å². The van der Waals surface area contributed by atoms with Crippen LogP contribution >= 0.6 is 0 Å². The summed E-state index contributed by atoms with van der Waals surface area (Å²) < 4.78 is 50.3. The molecule has 7 heteroatoms. The first-order chi connectivity index (χ1) is 12.4. The molecule has 0 aliphatic rings. The maximum atomic E-state index is 13.2. The van der Waals surface area contributed by atoms with Crippen molar-refractivity contribution in [2.24, 2.45) is 0 Å². The van der Waals surface area contributed by atoms with E-state index in [0.29, 0.717) is 16.9 Å². The van der Waals surface area contributed by atoms with Gasteiger partial charge in [0.25, 0.3) is 0 Å². The largest absolute Gasteiger partial charge is 0.497 e. The molecule has 2 heterocycles. The summed E-state index contributed by atoms with van der Waals surface area (Å²) in [4.78, 5) is 7.90. The van der Waals surface area contributed by atoms with Crippen LogP contribution in [-0.4, -0.2) is 17.1 Å². The number of aromatic nitrogens is 2. The van der Waals surface area contributed by atoms with Gasteiger partial charge in [0.05, 0.1) is 13.3 Å². The van der Waals surface area contributed by atoms with Gasteiger partial charge in [-0.05, 0) is 42.3 Å². The molecular weight excluding hydrogens is 345 g/mol. The van der Waals surface area contributed by atoms with Crippen LogP contribution < -0.4 is 9.47 Å². The van der Waals surface area contributed by atoms with Crippen LogP contribution in [0.2, 0.25) is 0 Å². The van der Waals surface area contributed by atoms with Crippen molar-refractivity contribution in [3.63, 3.8) is 0 Å². The number of halogens is 3. The number of ether oxygens (including phenoxy) is 2.